The van der Waals surface area contributed by atoms with Gasteiger partial charge in [-0.25, -0.2) is 0 Å². The molecule has 1 heterocycles. The van der Waals surface area contributed by atoms with Gasteiger partial charge in [0.2, 0.25) is 0 Å². The lowest BCUT2D eigenvalue weighted by molar-refractivity contribution is 0.197. The number of aryl methyl sites for hydroxylation is 1. The number of hydrogen-bond acceptors (Lipinski definition) is 3. The molecule has 15 heavy (non-hydrogen) atoms. The van der Waals surface area contributed by atoms with E-state index >= 15 is 0 Å². The first-order valence-electron chi connectivity index (χ1n) is 5.26. The molecule has 1 unspecified atom stereocenters. The smallest absolute Gasteiger partial charge is 0.161 e. The van der Waals surface area contributed by atoms with E-state index in [2.05, 4.69) is 0 Å². The molecule has 0 fully saturated rings. The number of ether oxygens (including phenoxy) is 2. The van der Waals surface area contributed by atoms with E-state index < -0.39 is 6.10 Å². The Morgan fingerprint density at radius 1 is 1.20 bits per heavy atom. The van der Waals surface area contributed by atoms with Crippen molar-refractivity contribution in [1.82, 2.24) is 0 Å². The molecule has 3 heteroatoms. The summed E-state index contributed by atoms with van der Waals surface area (Å²) in [6.07, 6.45) is 0.430. The zero-order valence-electron chi connectivity index (χ0n) is 9.12. The quantitative estimate of drug-likeness (QED) is 0.769. The molecule has 0 spiro atoms. The molecule has 0 bridgehead atoms. The molecule has 1 atom stereocenters. The average Bonchev–Trinajstić information content (AvgIpc) is 2.40. The van der Waals surface area contributed by atoms with E-state index in [4.69, 9.17) is 9.47 Å². The van der Waals surface area contributed by atoms with Gasteiger partial charge in [-0.1, -0.05) is 0 Å². The molecular weight excluding hydrogens is 192 g/mol. The standard InChI is InChI=1S/C12H16O3/c1-8-6-11-12(7-10(8)9(2)13)15-5-3-4-14-11/h6-7,9,13H,3-5H2,1-2H3. The van der Waals surface area contributed by atoms with Gasteiger partial charge >= 0.3 is 0 Å². The monoisotopic (exact) mass is 208 g/mol. The topological polar surface area (TPSA) is 38.7 Å². The second-order valence-electron chi connectivity index (χ2n) is 3.88. The number of benzene rings is 1. The summed E-state index contributed by atoms with van der Waals surface area (Å²) in [6, 6.07) is 3.81. The summed E-state index contributed by atoms with van der Waals surface area (Å²) in [7, 11) is 0. The molecule has 1 aromatic rings. The normalized spacial score (nSPS) is 17.0. The van der Waals surface area contributed by atoms with Gasteiger partial charge in [-0.15, -0.1) is 0 Å². The van der Waals surface area contributed by atoms with Gasteiger partial charge in [0, 0.05) is 6.42 Å². The molecule has 0 radical (unpaired) electrons. The summed E-state index contributed by atoms with van der Waals surface area (Å²) < 4.78 is 11.1. The van der Waals surface area contributed by atoms with Crippen LogP contribution in [0.15, 0.2) is 12.1 Å². The summed E-state index contributed by atoms with van der Waals surface area (Å²) in [4.78, 5) is 0. The fourth-order valence-corrected chi connectivity index (χ4v) is 1.78. The van der Waals surface area contributed by atoms with Crippen molar-refractivity contribution in [3.63, 3.8) is 0 Å². The fourth-order valence-electron chi connectivity index (χ4n) is 1.78. The maximum absolute atomic E-state index is 9.58. The molecule has 3 nitrogen and oxygen atoms in total. The molecule has 0 saturated heterocycles. The van der Waals surface area contributed by atoms with Gasteiger partial charge in [-0.05, 0) is 37.1 Å². The van der Waals surface area contributed by atoms with E-state index in [1.165, 1.54) is 0 Å². The third-order valence-corrected chi connectivity index (χ3v) is 2.59. The van der Waals surface area contributed by atoms with Crippen molar-refractivity contribution in [2.75, 3.05) is 13.2 Å². The second kappa shape index (κ2) is 4.11. The van der Waals surface area contributed by atoms with Crippen LogP contribution in [0.25, 0.3) is 0 Å². The molecule has 1 aliphatic rings. The van der Waals surface area contributed by atoms with Crippen LogP contribution in [0.2, 0.25) is 0 Å². The number of aliphatic hydroxyl groups is 1. The molecule has 2 rings (SSSR count). The minimum Gasteiger partial charge on any atom is -0.490 e. The predicted molar refractivity (Wildman–Crippen MR) is 57.4 cm³/mol. The lowest BCUT2D eigenvalue weighted by Crippen LogP contribution is -1.98. The van der Waals surface area contributed by atoms with Gasteiger partial charge in [-0.3, -0.25) is 0 Å². The summed E-state index contributed by atoms with van der Waals surface area (Å²) in [5, 5.41) is 9.58. The van der Waals surface area contributed by atoms with Crippen LogP contribution in [0.3, 0.4) is 0 Å². The lowest BCUT2D eigenvalue weighted by atomic mass is 10.0. The van der Waals surface area contributed by atoms with Crippen molar-refractivity contribution in [2.45, 2.75) is 26.4 Å². The molecule has 1 aromatic carbocycles. The van der Waals surface area contributed by atoms with Crippen LogP contribution in [-0.4, -0.2) is 18.3 Å². The van der Waals surface area contributed by atoms with E-state index in [1.807, 2.05) is 19.1 Å². The molecule has 0 aliphatic carbocycles. The van der Waals surface area contributed by atoms with Gasteiger partial charge < -0.3 is 14.6 Å². The zero-order chi connectivity index (χ0) is 10.8. The van der Waals surface area contributed by atoms with Crippen LogP contribution in [0, 0.1) is 6.92 Å². The largest absolute Gasteiger partial charge is 0.490 e. The number of fused-ring (bicyclic) bond motifs is 1. The fraction of sp³-hybridized carbons (Fsp3) is 0.500. The van der Waals surface area contributed by atoms with E-state index in [1.54, 1.807) is 6.92 Å². The molecular formula is C12H16O3. The first-order valence-corrected chi connectivity index (χ1v) is 5.26. The van der Waals surface area contributed by atoms with E-state index in [-0.39, 0.29) is 0 Å². The van der Waals surface area contributed by atoms with Crippen LogP contribution in [0.4, 0.5) is 0 Å². The van der Waals surface area contributed by atoms with Crippen LogP contribution >= 0.6 is 0 Å². The summed E-state index contributed by atoms with van der Waals surface area (Å²) >= 11 is 0. The average molecular weight is 208 g/mol. The predicted octanol–water partition coefficient (Wildman–Crippen LogP) is 2.21. The van der Waals surface area contributed by atoms with Gasteiger partial charge in [0.1, 0.15) is 0 Å². The van der Waals surface area contributed by atoms with Crippen LogP contribution in [0.1, 0.15) is 30.6 Å². The summed E-state index contributed by atoms with van der Waals surface area (Å²) in [6.45, 7) is 5.10. The minimum atomic E-state index is -0.470. The Labute approximate surface area is 89.6 Å². The first-order chi connectivity index (χ1) is 7.18. The second-order valence-corrected chi connectivity index (χ2v) is 3.88. The Hall–Kier alpha value is -1.22. The Morgan fingerprint density at radius 2 is 1.80 bits per heavy atom. The number of hydrogen-bond donors (Lipinski definition) is 1. The van der Waals surface area contributed by atoms with Crippen LogP contribution in [0.5, 0.6) is 11.5 Å². The van der Waals surface area contributed by atoms with Crippen molar-refractivity contribution in [1.29, 1.82) is 0 Å². The first kappa shape index (κ1) is 10.3. The molecule has 0 aromatic heterocycles. The SMILES string of the molecule is Cc1cc2c(cc1C(C)O)OCCCO2. The maximum Gasteiger partial charge on any atom is 0.161 e. The third kappa shape index (κ3) is 2.07. The van der Waals surface area contributed by atoms with Crippen LogP contribution in [-0.2, 0) is 0 Å². The van der Waals surface area contributed by atoms with Gasteiger partial charge in [0.25, 0.3) is 0 Å². The Balaban J connectivity index is 2.42. The van der Waals surface area contributed by atoms with E-state index in [9.17, 15) is 5.11 Å². The highest BCUT2D eigenvalue weighted by molar-refractivity contribution is 5.48. The zero-order valence-corrected chi connectivity index (χ0v) is 9.12. The van der Waals surface area contributed by atoms with Crippen molar-refractivity contribution < 1.29 is 14.6 Å². The Bertz CT molecular complexity index is 358. The summed E-state index contributed by atoms with van der Waals surface area (Å²) in [5.41, 5.74) is 1.94. The summed E-state index contributed by atoms with van der Waals surface area (Å²) in [5.74, 6) is 1.53. The molecule has 1 N–H and O–H groups in total. The molecule has 0 saturated carbocycles. The highest BCUT2D eigenvalue weighted by Gasteiger charge is 2.14. The number of rotatable bonds is 1. The van der Waals surface area contributed by atoms with Gasteiger partial charge in [0.15, 0.2) is 11.5 Å². The third-order valence-electron chi connectivity index (χ3n) is 2.59. The van der Waals surface area contributed by atoms with Gasteiger partial charge in [-0.2, -0.15) is 0 Å². The maximum atomic E-state index is 9.58. The molecule has 0 amide bonds. The Morgan fingerprint density at radius 3 is 2.40 bits per heavy atom. The van der Waals surface area contributed by atoms with Crippen LogP contribution < -0.4 is 9.47 Å². The van der Waals surface area contributed by atoms with Gasteiger partial charge in [0.05, 0.1) is 19.3 Å². The number of aliphatic hydroxyl groups excluding tert-OH is 1. The van der Waals surface area contributed by atoms with Crippen molar-refractivity contribution in [3.8, 4) is 11.5 Å². The molecule has 1 aliphatic heterocycles. The van der Waals surface area contributed by atoms with Crippen molar-refractivity contribution in [3.05, 3.63) is 23.3 Å². The molecule has 82 valence electrons. The van der Waals surface area contributed by atoms with E-state index in [0.717, 1.165) is 29.0 Å². The Kier molecular flexibility index (Phi) is 2.82. The lowest BCUT2D eigenvalue weighted by Gasteiger charge is -2.14. The minimum absolute atomic E-state index is 0.470. The highest BCUT2D eigenvalue weighted by Crippen LogP contribution is 2.34. The van der Waals surface area contributed by atoms with Crippen molar-refractivity contribution >= 4 is 0 Å². The van der Waals surface area contributed by atoms with Crippen molar-refractivity contribution in [2.24, 2.45) is 0 Å². The highest BCUT2D eigenvalue weighted by atomic mass is 16.5. The van der Waals surface area contributed by atoms with E-state index in [0.29, 0.717) is 13.2 Å².